The fourth-order valence-corrected chi connectivity index (χ4v) is 2.72. The van der Waals surface area contributed by atoms with Gasteiger partial charge >= 0.3 is 0 Å². The third-order valence-corrected chi connectivity index (χ3v) is 4.19. The monoisotopic (exact) mass is 356 g/mol. The Labute approximate surface area is 150 Å². The predicted molar refractivity (Wildman–Crippen MR) is 98.1 cm³/mol. The molecule has 0 aliphatic rings. The van der Waals surface area contributed by atoms with Crippen LogP contribution in [0.25, 0.3) is 22.4 Å². The van der Waals surface area contributed by atoms with Crippen molar-refractivity contribution in [3.63, 3.8) is 0 Å². The number of carbonyl (C=O) groups is 1. The van der Waals surface area contributed by atoms with Crippen LogP contribution in [0.3, 0.4) is 0 Å². The fraction of sp³-hybridized carbons (Fsp3) is 0.333. The van der Waals surface area contributed by atoms with Crippen molar-refractivity contribution in [3.8, 4) is 11.4 Å². The summed E-state index contributed by atoms with van der Waals surface area (Å²) >= 11 is 0. The number of likely N-dealkylation sites (N-methyl/N-ethyl adjacent to an activating group) is 1. The molecule has 0 aliphatic heterocycles. The zero-order valence-corrected chi connectivity index (χ0v) is 15.2. The summed E-state index contributed by atoms with van der Waals surface area (Å²) in [4.78, 5) is 29.9. The second-order valence-electron chi connectivity index (χ2n) is 6.59. The van der Waals surface area contributed by atoms with Gasteiger partial charge in [-0.2, -0.15) is 0 Å². The van der Waals surface area contributed by atoms with Crippen LogP contribution in [-0.2, 0) is 4.79 Å². The Kier molecular flexibility index (Phi) is 4.58. The molecule has 0 spiro atoms. The molecule has 0 fully saturated rings. The number of rotatable bonds is 5. The molecule has 8 heteroatoms. The van der Waals surface area contributed by atoms with Gasteiger partial charge in [0.15, 0.2) is 5.82 Å². The van der Waals surface area contributed by atoms with Crippen LogP contribution in [0.1, 0.15) is 20.8 Å². The molecule has 0 radical (unpaired) electrons. The Morgan fingerprint density at radius 3 is 2.88 bits per heavy atom. The zero-order chi connectivity index (χ0) is 18.9. The summed E-state index contributed by atoms with van der Waals surface area (Å²) in [5.74, 6) is 0.456. The summed E-state index contributed by atoms with van der Waals surface area (Å²) in [7, 11) is 1.75. The molecular weight excluding hydrogens is 335 g/mol. The number of H-pyrrole nitrogens is 1. The van der Waals surface area contributed by atoms with Gasteiger partial charge in [0.1, 0.15) is 22.8 Å². The topological polar surface area (TPSA) is 86.8 Å². The highest BCUT2D eigenvalue weighted by molar-refractivity contribution is 5.92. The smallest absolute Gasteiger partial charge is 0.247 e. The number of aromatic amines is 1. The van der Waals surface area contributed by atoms with Gasteiger partial charge in [-0.1, -0.05) is 0 Å². The summed E-state index contributed by atoms with van der Waals surface area (Å²) in [6, 6.07) is 3.08. The van der Waals surface area contributed by atoms with Crippen LogP contribution in [-0.4, -0.2) is 49.9 Å². The van der Waals surface area contributed by atoms with E-state index in [4.69, 9.17) is 0 Å². The number of nitrogens with zero attached hydrogens (tertiary/aromatic N) is 4. The predicted octanol–water partition coefficient (Wildman–Crippen LogP) is 2.83. The first-order chi connectivity index (χ1) is 12.3. The normalized spacial score (nSPS) is 11.6. The van der Waals surface area contributed by atoms with Gasteiger partial charge in [-0.15, -0.1) is 0 Å². The molecule has 3 aromatic heterocycles. The van der Waals surface area contributed by atoms with E-state index in [0.29, 0.717) is 34.8 Å². The second kappa shape index (κ2) is 6.70. The number of nitrogens with one attached hydrogen (secondary N) is 2. The number of halogens is 1. The SMILES string of the molecule is CCN(C)C(=O)C(C)(C)Nc1ccnc(-c2c[nH]c3ncc(F)cc23)n1. The number of aromatic nitrogens is 4. The molecule has 3 aromatic rings. The molecule has 0 unspecified atom stereocenters. The molecule has 3 rings (SSSR count). The molecule has 26 heavy (non-hydrogen) atoms. The molecule has 3 heterocycles. The van der Waals surface area contributed by atoms with E-state index in [-0.39, 0.29) is 5.91 Å². The van der Waals surface area contributed by atoms with E-state index in [2.05, 4.69) is 25.3 Å². The van der Waals surface area contributed by atoms with Gasteiger partial charge in [-0.05, 0) is 32.9 Å². The number of amides is 1. The van der Waals surface area contributed by atoms with Crippen molar-refractivity contribution in [1.82, 2.24) is 24.8 Å². The number of anilines is 1. The van der Waals surface area contributed by atoms with Gasteiger partial charge in [-0.25, -0.2) is 19.3 Å². The molecule has 0 bridgehead atoms. The van der Waals surface area contributed by atoms with E-state index in [1.54, 1.807) is 44.3 Å². The molecule has 0 aliphatic carbocycles. The third-order valence-electron chi connectivity index (χ3n) is 4.19. The van der Waals surface area contributed by atoms with Gasteiger partial charge in [-0.3, -0.25) is 4.79 Å². The molecule has 1 amide bonds. The van der Waals surface area contributed by atoms with Gasteiger partial charge in [0.25, 0.3) is 0 Å². The van der Waals surface area contributed by atoms with Crippen LogP contribution in [0.15, 0.2) is 30.7 Å². The number of hydrogen-bond acceptors (Lipinski definition) is 5. The van der Waals surface area contributed by atoms with E-state index in [1.165, 1.54) is 6.07 Å². The molecule has 2 N–H and O–H groups in total. The first-order valence-electron chi connectivity index (χ1n) is 8.31. The number of hydrogen-bond donors (Lipinski definition) is 2. The summed E-state index contributed by atoms with van der Waals surface area (Å²) in [5, 5.41) is 3.75. The van der Waals surface area contributed by atoms with Gasteiger partial charge in [0.2, 0.25) is 5.91 Å². The fourth-order valence-electron chi connectivity index (χ4n) is 2.72. The van der Waals surface area contributed by atoms with Crippen LogP contribution in [0.5, 0.6) is 0 Å². The average molecular weight is 356 g/mol. The Bertz CT molecular complexity index is 952. The van der Waals surface area contributed by atoms with E-state index in [0.717, 1.165) is 6.20 Å². The molecule has 0 atom stereocenters. The van der Waals surface area contributed by atoms with Crippen molar-refractivity contribution >= 4 is 22.8 Å². The van der Waals surface area contributed by atoms with Crippen molar-refractivity contribution in [2.45, 2.75) is 26.3 Å². The van der Waals surface area contributed by atoms with E-state index in [1.807, 2.05) is 6.92 Å². The molecule has 136 valence electrons. The minimum atomic E-state index is -0.829. The van der Waals surface area contributed by atoms with Crippen LogP contribution >= 0.6 is 0 Å². The van der Waals surface area contributed by atoms with Crippen LogP contribution < -0.4 is 5.32 Å². The Hall–Kier alpha value is -3.03. The highest BCUT2D eigenvalue weighted by atomic mass is 19.1. The molecule has 7 nitrogen and oxygen atoms in total. The quantitative estimate of drug-likeness (QED) is 0.734. The number of fused-ring (bicyclic) bond motifs is 1. The highest BCUT2D eigenvalue weighted by Crippen LogP contribution is 2.26. The third kappa shape index (κ3) is 3.35. The molecule has 0 saturated carbocycles. The first-order valence-corrected chi connectivity index (χ1v) is 8.31. The Morgan fingerprint density at radius 1 is 1.38 bits per heavy atom. The minimum Gasteiger partial charge on any atom is -0.356 e. The second-order valence-corrected chi connectivity index (χ2v) is 6.59. The molecular formula is C18H21FN6O. The first kappa shape index (κ1) is 17.8. The standard InChI is InChI=1S/C18H21FN6O/c1-5-25(4)17(26)18(2,3)24-14-6-7-20-16(23-14)13-10-22-15-12(13)8-11(19)9-21-15/h6-10H,5H2,1-4H3,(H,21,22)(H,20,23,24). The summed E-state index contributed by atoms with van der Waals surface area (Å²) in [6.45, 7) is 6.14. The lowest BCUT2D eigenvalue weighted by Crippen LogP contribution is -2.48. The lowest BCUT2D eigenvalue weighted by atomic mass is 10.0. The van der Waals surface area contributed by atoms with Crippen molar-refractivity contribution in [2.24, 2.45) is 0 Å². The Morgan fingerprint density at radius 2 is 2.15 bits per heavy atom. The molecule has 0 aromatic carbocycles. The largest absolute Gasteiger partial charge is 0.356 e. The molecule has 0 saturated heterocycles. The maximum absolute atomic E-state index is 13.5. The summed E-state index contributed by atoms with van der Waals surface area (Å²) in [6.07, 6.45) is 4.44. The van der Waals surface area contributed by atoms with Gasteiger partial charge < -0.3 is 15.2 Å². The lowest BCUT2D eigenvalue weighted by molar-refractivity contribution is -0.133. The number of pyridine rings is 1. The van der Waals surface area contributed by atoms with E-state index < -0.39 is 11.4 Å². The maximum Gasteiger partial charge on any atom is 0.247 e. The van der Waals surface area contributed by atoms with Gasteiger partial charge in [0.05, 0.1) is 6.20 Å². The summed E-state index contributed by atoms with van der Waals surface area (Å²) < 4.78 is 13.5. The lowest BCUT2D eigenvalue weighted by Gasteiger charge is -2.30. The minimum absolute atomic E-state index is 0.0430. The maximum atomic E-state index is 13.5. The number of carbonyl (C=O) groups excluding carboxylic acids is 1. The van der Waals surface area contributed by atoms with Crippen LogP contribution in [0.2, 0.25) is 0 Å². The van der Waals surface area contributed by atoms with Gasteiger partial charge in [0, 0.05) is 36.9 Å². The van der Waals surface area contributed by atoms with E-state index >= 15 is 0 Å². The van der Waals surface area contributed by atoms with Crippen molar-refractivity contribution in [1.29, 1.82) is 0 Å². The van der Waals surface area contributed by atoms with Crippen LogP contribution in [0.4, 0.5) is 10.2 Å². The van der Waals surface area contributed by atoms with Crippen LogP contribution in [0, 0.1) is 5.82 Å². The Balaban J connectivity index is 1.93. The van der Waals surface area contributed by atoms with Crippen molar-refractivity contribution in [2.75, 3.05) is 18.9 Å². The van der Waals surface area contributed by atoms with Crippen molar-refractivity contribution < 1.29 is 9.18 Å². The zero-order valence-electron chi connectivity index (χ0n) is 15.2. The van der Waals surface area contributed by atoms with E-state index in [9.17, 15) is 9.18 Å². The highest BCUT2D eigenvalue weighted by Gasteiger charge is 2.30. The summed E-state index contributed by atoms with van der Waals surface area (Å²) in [5.41, 5.74) is 0.374. The van der Waals surface area contributed by atoms with Crippen molar-refractivity contribution in [3.05, 3.63) is 36.5 Å². The average Bonchev–Trinajstić information content (AvgIpc) is 3.03.